The topological polar surface area (TPSA) is 156 Å². The van der Waals surface area contributed by atoms with Crippen molar-refractivity contribution in [3.8, 4) is 0 Å². The van der Waals surface area contributed by atoms with Crippen molar-refractivity contribution in [1.29, 1.82) is 5.41 Å². The molecular formula is C24H35N7O5. The third-order valence-corrected chi connectivity index (χ3v) is 7.33. The first-order valence-corrected chi connectivity index (χ1v) is 12.5. The summed E-state index contributed by atoms with van der Waals surface area (Å²) in [6.07, 6.45) is 3.73. The Morgan fingerprint density at radius 3 is 2.25 bits per heavy atom. The van der Waals surface area contributed by atoms with Crippen LogP contribution in [0.25, 0.3) is 0 Å². The summed E-state index contributed by atoms with van der Waals surface area (Å²) in [7, 11) is 0. The number of amidine groups is 1. The number of carbonyl (C=O) groups is 3. The summed E-state index contributed by atoms with van der Waals surface area (Å²) >= 11 is 0. The van der Waals surface area contributed by atoms with Gasteiger partial charge in [-0.3, -0.25) is 15.0 Å². The van der Waals surface area contributed by atoms with Gasteiger partial charge in [0, 0.05) is 57.1 Å². The van der Waals surface area contributed by atoms with Crippen LogP contribution in [0.2, 0.25) is 0 Å². The second kappa shape index (κ2) is 11.5. The fraction of sp³-hybridized carbons (Fsp3) is 0.625. The number of hydrogen-bond acceptors (Lipinski definition) is 7. The van der Waals surface area contributed by atoms with Crippen LogP contribution in [-0.2, 0) is 14.3 Å². The lowest BCUT2D eigenvalue weighted by atomic mass is 9.85. The van der Waals surface area contributed by atoms with Gasteiger partial charge < -0.3 is 35.2 Å². The monoisotopic (exact) mass is 501 g/mol. The molecule has 2 aliphatic heterocycles. The minimum atomic E-state index is -0.795. The zero-order chi connectivity index (χ0) is 25.7. The standard InChI is InChI=1S/C24H35N7O5/c25-22(26)18-3-6-20(27-15-18)28-7-9-30(10-8-28)24(35)31(16-21(32)29-11-13-36-14-12-29)19-4-1-17(2-5-19)23(33)34/h3,6,15,17,19H,1-2,4-5,7-14,16H2,(H3,25,26)(H,33,34). The second-order valence-electron chi connectivity index (χ2n) is 9.54. The van der Waals surface area contributed by atoms with E-state index in [2.05, 4.69) is 9.88 Å². The number of piperazine rings is 1. The summed E-state index contributed by atoms with van der Waals surface area (Å²) in [5.41, 5.74) is 6.07. The quantitative estimate of drug-likeness (QED) is 0.374. The highest BCUT2D eigenvalue weighted by molar-refractivity contribution is 5.94. The number of carboxylic acid groups (broad SMARTS) is 1. The van der Waals surface area contributed by atoms with Crippen LogP contribution in [0.1, 0.15) is 31.2 Å². The number of aromatic nitrogens is 1. The number of pyridine rings is 1. The van der Waals surface area contributed by atoms with Crippen molar-refractivity contribution in [2.75, 3.05) is 63.9 Å². The lowest BCUT2D eigenvalue weighted by Gasteiger charge is -2.42. The number of aliphatic carboxylic acids is 1. The second-order valence-corrected chi connectivity index (χ2v) is 9.54. The van der Waals surface area contributed by atoms with E-state index in [4.69, 9.17) is 15.9 Å². The van der Waals surface area contributed by atoms with Crippen LogP contribution >= 0.6 is 0 Å². The molecular weight excluding hydrogens is 466 g/mol. The van der Waals surface area contributed by atoms with Crippen molar-refractivity contribution < 1.29 is 24.2 Å². The van der Waals surface area contributed by atoms with Crippen molar-refractivity contribution in [3.05, 3.63) is 23.9 Å². The molecule has 4 rings (SSSR count). The molecule has 0 spiro atoms. The molecule has 0 radical (unpaired) electrons. The lowest BCUT2D eigenvalue weighted by molar-refractivity contribution is -0.143. The third kappa shape index (κ3) is 6.04. The number of urea groups is 1. The van der Waals surface area contributed by atoms with Crippen molar-refractivity contribution in [3.63, 3.8) is 0 Å². The van der Waals surface area contributed by atoms with E-state index in [9.17, 15) is 19.5 Å². The Balaban J connectivity index is 1.40. The van der Waals surface area contributed by atoms with Gasteiger partial charge in [-0.2, -0.15) is 0 Å². The van der Waals surface area contributed by atoms with E-state index in [1.54, 1.807) is 27.0 Å². The number of carbonyl (C=O) groups excluding carboxylic acids is 2. The van der Waals surface area contributed by atoms with Gasteiger partial charge in [-0.1, -0.05) is 0 Å². The maximum atomic E-state index is 13.7. The van der Waals surface area contributed by atoms with E-state index in [-0.39, 0.29) is 30.4 Å². The molecule has 4 N–H and O–H groups in total. The summed E-state index contributed by atoms with van der Waals surface area (Å²) in [5.74, 6) is -0.553. The Morgan fingerprint density at radius 1 is 1.03 bits per heavy atom. The van der Waals surface area contributed by atoms with Gasteiger partial charge in [-0.25, -0.2) is 9.78 Å². The van der Waals surface area contributed by atoms with Crippen LogP contribution in [0.5, 0.6) is 0 Å². The molecule has 0 unspecified atom stereocenters. The number of rotatable bonds is 6. The van der Waals surface area contributed by atoms with Gasteiger partial charge in [-0.15, -0.1) is 0 Å². The van der Waals surface area contributed by atoms with Gasteiger partial charge in [-0.05, 0) is 37.8 Å². The molecule has 3 fully saturated rings. The number of anilines is 1. The Bertz CT molecular complexity index is 950. The number of morpholine rings is 1. The first-order valence-electron chi connectivity index (χ1n) is 12.5. The first kappa shape index (κ1) is 25.7. The smallest absolute Gasteiger partial charge is 0.320 e. The van der Waals surface area contributed by atoms with E-state index in [0.29, 0.717) is 83.7 Å². The molecule has 1 aromatic heterocycles. The minimum Gasteiger partial charge on any atom is -0.481 e. The SMILES string of the molecule is N=C(N)c1ccc(N2CCN(C(=O)N(CC(=O)N3CCOCC3)C3CCC(C(=O)O)CC3)CC2)nc1. The molecule has 196 valence electrons. The molecule has 1 aliphatic carbocycles. The number of hydrogen-bond donors (Lipinski definition) is 3. The zero-order valence-corrected chi connectivity index (χ0v) is 20.5. The summed E-state index contributed by atoms with van der Waals surface area (Å²) in [6, 6.07) is 3.25. The summed E-state index contributed by atoms with van der Waals surface area (Å²) in [5, 5.41) is 16.9. The van der Waals surface area contributed by atoms with Gasteiger partial charge in [0.25, 0.3) is 0 Å². The number of nitrogens with two attached hydrogens (primary N) is 1. The van der Waals surface area contributed by atoms with E-state index in [1.807, 2.05) is 6.07 Å². The highest BCUT2D eigenvalue weighted by atomic mass is 16.5. The largest absolute Gasteiger partial charge is 0.481 e. The number of amides is 3. The third-order valence-electron chi connectivity index (χ3n) is 7.33. The molecule has 0 atom stereocenters. The molecule has 0 aromatic carbocycles. The van der Waals surface area contributed by atoms with Gasteiger partial charge in [0.1, 0.15) is 18.2 Å². The highest BCUT2D eigenvalue weighted by Crippen LogP contribution is 2.29. The number of nitrogens with one attached hydrogen (secondary N) is 1. The van der Waals surface area contributed by atoms with Crippen molar-refractivity contribution in [1.82, 2.24) is 19.7 Å². The summed E-state index contributed by atoms with van der Waals surface area (Å²) in [4.78, 5) is 49.8. The molecule has 12 nitrogen and oxygen atoms in total. The van der Waals surface area contributed by atoms with Crippen LogP contribution in [0.15, 0.2) is 18.3 Å². The predicted octanol–water partition coefficient (Wildman–Crippen LogP) is 0.412. The number of nitrogen functional groups attached to an aromatic ring is 1. The van der Waals surface area contributed by atoms with Gasteiger partial charge in [0.05, 0.1) is 19.1 Å². The van der Waals surface area contributed by atoms with E-state index < -0.39 is 11.9 Å². The van der Waals surface area contributed by atoms with Crippen molar-refractivity contribution >= 4 is 29.6 Å². The Morgan fingerprint density at radius 2 is 1.69 bits per heavy atom. The maximum Gasteiger partial charge on any atom is 0.320 e. The number of carboxylic acids is 1. The fourth-order valence-corrected chi connectivity index (χ4v) is 5.09. The number of ether oxygens (including phenoxy) is 1. The van der Waals surface area contributed by atoms with E-state index in [1.165, 1.54) is 0 Å². The Labute approximate surface area is 210 Å². The van der Waals surface area contributed by atoms with Gasteiger partial charge in [0.15, 0.2) is 0 Å². The van der Waals surface area contributed by atoms with Gasteiger partial charge >= 0.3 is 12.0 Å². The number of nitrogens with zero attached hydrogens (tertiary/aromatic N) is 5. The van der Waals surface area contributed by atoms with E-state index >= 15 is 0 Å². The first-order chi connectivity index (χ1) is 17.3. The molecule has 3 amide bonds. The fourth-order valence-electron chi connectivity index (χ4n) is 5.09. The minimum absolute atomic E-state index is 0.00445. The molecule has 12 heteroatoms. The Kier molecular flexibility index (Phi) is 8.24. The summed E-state index contributed by atoms with van der Waals surface area (Å²) < 4.78 is 5.35. The molecule has 3 aliphatic rings. The molecule has 36 heavy (non-hydrogen) atoms. The molecule has 1 saturated carbocycles. The molecule has 0 bridgehead atoms. The zero-order valence-electron chi connectivity index (χ0n) is 20.5. The van der Waals surface area contributed by atoms with Crippen molar-refractivity contribution in [2.45, 2.75) is 31.7 Å². The van der Waals surface area contributed by atoms with Gasteiger partial charge in [0.2, 0.25) is 5.91 Å². The van der Waals surface area contributed by atoms with E-state index in [0.717, 1.165) is 5.82 Å². The lowest BCUT2D eigenvalue weighted by Crippen LogP contribution is -2.58. The molecule has 2 saturated heterocycles. The normalized spacial score (nSPS) is 22.7. The average molecular weight is 502 g/mol. The van der Waals surface area contributed by atoms with Crippen molar-refractivity contribution in [2.24, 2.45) is 11.7 Å². The van der Waals surface area contributed by atoms with Crippen LogP contribution in [-0.4, -0.2) is 114 Å². The van der Waals surface area contributed by atoms with Crippen LogP contribution in [0.4, 0.5) is 10.6 Å². The van der Waals surface area contributed by atoms with Crippen LogP contribution < -0.4 is 10.6 Å². The maximum absolute atomic E-state index is 13.7. The summed E-state index contributed by atoms with van der Waals surface area (Å²) in [6.45, 7) is 4.17. The predicted molar refractivity (Wildman–Crippen MR) is 132 cm³/mol. The molecule has 3 heterocycles. The molecule has 1 aromatic rings. The average Bonchev–Trinajstić information content (AvgIpc) is 2.92. The Hall–Kier alpha value is -3.41. The van der Waals surface area contributed by atoms with Crippen LogP contribution in [0, 0.1) is 11.3 Å². The van der Waals surface area contributed by atoms with Crippen LogP contribution in [0.3, 0.4) is 0 Å². The highest BCUT2D eigenvalue weighted by Gasteiger charge is 2.36.